The second-order valence-electron chi connectivity index (χ2n) is 15.3. The number of nitrogens with zero attached hydrogens (tertiary/aromatic N) is 6. The molecule has 4 aromatic carbocycles. The van der Waals surface area contributed by atoms with E-state index < -0.39 is 0 Å². The Morgan fingerprint density at radius 2 is 1.60 bits per heavy atom. The number of aromatic hydroxyl groups is 1. The highest BCUT2D eigenvalue weighted by molar-refractivity contribution is 7.15. The minimum absolute atomic E-state index is 0.0871. The third kappa shape index (κ3) is 6.74. The lowest BCUT2D eigenvalue weighted by Gasteiger charge is -2.36. The molecule has 0 spiro atoms. The molecule has 6 aromatic rings. The quantitative estimate of drug-likeness (QED) is 0.168. The van der Waals surface area contributed by atoms with Crippen molar-refractivity contribution in [1.29, 1.82) is 0 Å². The summed E-state index contributed by atoms with van der Waals surface area (Å²) >= 11 is 1.80. The van der Waals surface area contributed by atoms with Gasteiger partial charge in [-0.1, -0.05) is 60.7 Å². The van der Waals surface area contributed by atoms with Gasteiger partial charge in [0.1, 0.15) is 35.0 Å². The Balaban J connectivity index is 0.815. The lowest BCUT2D eigenvalue weighted by Crippen LogP contribution is -2.47. The molecule has 9 rings (SSSR count). The van der Waals surface area contributed by atoms with E-state index in [-0.39, 0.29) is 12.0 Å². The number of hydrogen-bond donors (Lipinski definition) is 1. The van der Waals surface area contributed by atoms with E-state index in [9.17, 15) is 5.11 Å². The molecule has 0 amide bonds. The average Bonchev–Trinajstić information content (AvgIpc) is 3.70. The van der Waals surface area contributed by atoms with Crippen molar-refractivity contribution in [2.45, 2.75) is 58.4 Å². The molecular weight excluding hydrogens is 701 g/mol. The number of hydrogen-bond acceptors (Lipinski definition) is 8. The van der Waals surface area contributed by atoms with Crippen LogP contribution in [0.5, 0.6) is 11.5 Å². The van der Waals surface area contributed by atoms with Crippen LogP contribution < -0.4 is 9.64 Å². The lowest BCUT2D eigenvalue weighted by molar-refractivity contribution is 0.200. The van der Waals surface area contributed by atoms with Gasteiger partial charge in [-0.15, -0.1) is 21.5 Å². The molecule has 1 aliphatic carbocycles. The van der Waals surface area contributed by atoms with E-state index in [0.717, 1.165) is 74.2 Å². The second kappa shape index (κ2) is 14.8. The first-order chi connectivity index (χ1) is 26.8. The fraction of sp³-hybridized carbons (Fsp3) is 0.326. The highest BCUT2D eigenvalue weighted by Crippen LogP contribution is 2.47. The molecule has 3 aliphatic rings. The maximum atomic E-state index is 10.2. The molecule has 280 valence electrons. The topological polar surface area (TPSA) is 79.0 Å². The zero-order valence-electron chi connectivity index (χ0n) is 32.1. The monoisotopic (exact) mass is 748 g/mol. The normalized spacial score (nSPS) is 19.6. The van der Waals surface area contributed by atoms with Crippen molar-refractivity contribution in [3.8, 4) is 16.5 Å². The first-order valence-electron chi connectivity index (χ1n) is 19.6. The number of piperazine rings is 1. The van der Waals surface area contributed by atoms with Crippen molar-refractivity contribution in [2.75, 3.05) is 44.2 Å². The summed E-state index contributed by atoms with van der Waals surface area (Å²) in [5, 5.41) is 20.3. The number of ether oxygens (including phenoxy) is 1. The Morgan fingerprint density at radius 1 is 0.836 bits per heavy atom. The summed E-state index contributed by atoms with van der Waals surface area (Å²) in [6.07, 6.45) is 2.03. The van der Waals surface area contributed by atoms with Crippen LogP contribution in [0, 0.1) is 20.8 Å². The van der Waals surface area contributed by atoms with Crippen LogP contribution in [0.1, 0.15) is 86.7 Å². The smallest absolute Gasteiger partial charge is 0.162 e. The predicted molar refractivity (Wildman–Crippen MR) is 222 cm³/mol. The van der Waals surface area contributed by atoms with Crippen LogP contribution in [-0.2, 0) is 6.42 Å². The Hall–Kier alpha value is -5.25. The molecule has 4 heterocycles. The van der Waals surface area contributed by atoms with Crippen LogP contribution in [0.2, 0.25) is 0 Å². The molecule has 1 fully saturated rings. The highest BCUT2D eigenvalue weighted by atomic mass is 32.1. The number of aryl methyl sites for hydroxylation is 3. The molecule has 0 unspecified atom stereocenters. The van der Waals surface area contributed by atoms with Gasteiger partial charge in [-0.2, -0.15) is 0 Å². The van der Waals surface area contributed by atoms with Gasteiger partial charge in [-0.3, -0.25) is 14.5 Å². The number of phenolic OH excluding ortho intramolecular Hbond substituents is 1. The summed E-state index contributed by atoms with van der Waals surface area (Å²) in [4.78, 5) is 11.5. The van der Waals surface area contributed by atoms with Crippen LogP contribution >= 0.6 is 11.3 Å². The maximum absolute atomic E-state index is 10.2. The number of fused-ring (bicyclic) bond motifs is 4. The number of aromatic nitrogens is 3. The summed E-state index contributed by atoms with van der Waals surface area (Å²) in [5.74, 6) is 3.67. The van der Waals surface area contributed by atoms with E-state index in [1.165, 1.54) is 48.9 Å². The van der Waals surface area contributed by atoms with E-state index in [2.05, 4.69) is 130 Å². The Labute approximate surface area is 327 Å². The van der Waals surface area contributed by atoms with Crippen molar-refractivity contribution in [2.24, 2.45) is 4.99 Å². The van der Waals surface area contributed by atoms with Gasteiger partial charge in [-0.25, -0.2) is 0 Å². The van der Waals surface area contributed by atoms with Crippen molar-refractivity contribution in [3.05, 3.63) is 153 Å². The predicted octanol–water partition coefficient (Wildman–Crippen LogP) is 8.93. The molecule has 8 nitrogen and oxygen atoms in total. The van der Waals surface area contributed by atoms with Gasteiger partial charge in [0.2, 0.25) is 0 Å². The number of rotatable bonds is 8. The lowest BCUT2D eigenvalue weighted by atomic mass is 9.69. The van der Waals surface area contributed by atoms with Crippen molar-refractivity contribution >= 4 is 22.7 Å². The van der Waals surface area contributed by atoms with Crippen molar-refractivity contribution in [1.82, 2.24) is 19.7 Å². The molecule has 2 aromatic heterocycles. The van der Waals surface area contributed by atoms with E-state index in [1.807, 2.05) is 19.1 Å². The van der Waals surface area contributed by atoms with Crippen LogP contribution in [-0.4, -0.2) is 69.8 Å². The van der Waals surface area contributed by atoms with E-state index in [0.29, 0.717) is 18.3 Å². The summed E-state index contributed by atoms with van der Waals surface area (Å²) in [6, 6.07) is 34.4. The molecule has 1 N–H and O–H groups in total. The molecule has 2 aliphatic heterocycles. The number of aliphatic imine (C=N–C) groups is 1. The summed E-state index contributed by atoms with van der Waals surface area (Å²) in [5.41, 5.74) is 11.1. The maximum Gasteiger partial charge on any atom is 0.162 e. The molecule has 0 radical (unpaired) electrons. The molecule has 3 atom stereocenters. The van der Waals surface area contributed by atoms with Gasteiger partial charge in [0.15, 0.2) is 5.82 Å². The fourth-order valence-electron chi connectivity index (χ4n) is 8.88. The zero-order valence-corrected chi connectivity index (χ0v) is 32.9. The van der Waals surface area contributed by atoms with Crippen molar-refractivity contribution in [3.63, 3.8) is 0 Å². The van der Waals surface area contributed by atoms with E-state index in [1.54, 1.807) is 11.3 Å². The number of thiophene rings is 1. The van der Waals surface area contributed by atoms with Gasteiger partial charge in [0, 0.05) is 60.3 Å². The second-order valence-corrected chi connectivity index (χ2v) is 16.5. The fourth-order valence-corrected chi connectivity index (χ4v) is 10.1. The van der Waals surface area contributed by atoms with Gasteiger partial charge in [0.05, 0.1) is 5.71 Å². The molecule has 1 saturated heterocycles. The SMILES string of the molecule is Cc1sc2c(c1C)C(c1ccc(N3CCN(CCOc4ccc([C@H]5c6ccc(O)cc6CC[C@H]5c5ccccc5)cc4)CC3)cc1)=N[C@@H](C)c1nnc(C)n1-2. The summed E-state index contributed by atoms with van der Waals surface area (Å²) in [6.45, 7) is 14.1. The van der Waals surface area contributed by atoms with Crippen LogP contribution in [0.25, 0.3) is 5.00 Å². The van der Waals surface area contributed by atoms with Gasteiger partial charge < -0.3 is 14.7 Å². The molecule has 0 saturated carbocycles. The Kier molecular flexibility index (Phi) is 9.52. The minimum atomic E-state index is -0.0871. The van der Waals surface area contributed by atoms with Crippen molar-refractivity contribution < 1.29 is 9.84 Å². The molecule has 9 heteroatoms. The van der Waals surface area contributed by atoms with Crippen LogP contribution in [0.3, 0.4) is 0 Å². The molecule has 0 bridgehead atoms. The number of anilines is 1. The Bertz CT molecular complexity index is 2340. The van der Waals surface area contributed by atoms with Gasteiger partial charge in [-0.05, 0) is 111 Å². The number of benzene rings is 4. The highest BCUT2D eigenvalue weighted by Gasteiger charge is 2.33. The standard InChI is InChI=1S/C46H48N6O2S/c1-29-31(3)55-46-42(29)44(47-30(2)45-49-48-32(4)52(45)46)35-10-15-37(16-11-35)51-24-22-50(23-25-51)26-27-54-39-18-12-34(13-19-39)43-40(33-8-6-5-7-9-33)20-14-36-28-38(53)17-21-41(36)43/h5-13,15-19,21,28,30,40,43,53H,14,20,22-27H2,1-4H3/t30-,40-,43+/m0/s1. The third-order valence-corrected chi connectivity index (χ3v) is 13.2. The molecular formula is C46H48N6O2S. The third-order valence-electron chi connectivity index (χ3n) is 12.0. The number of phenols is 1. The molecule has 55 heavy (non-hydrogen) atoms. The minimum Gasteiger partial charge on any atom is -0.508 e. The zero-order chi connectivity index (χ0) is 37.6. The summed E-state index contributed by atoms with van der Waals surface area (Å²) < 4.78 is 8.49. The van der Waals surface area contributed by atoms with Gasteiger partial charge >= 0.3 is 0 Å². The average molecular weight is 749 g/mol. The van der Waals surface area contributed by atoms with E-state index >= 15 is 0 Å². The van der Waals surface area contributed by atoms with Crippen LogP contribution in [0.4, 0.5) is 5.69 Å². The summed E-state index contributed by atoms with van der Waals surface area (Å²) in [7, 11) is 0. The largest absolute Gasteiger partial charge is 0.508 e. The van der Waals surface area contributed by atoms with E-state index in [4.69, 9.17) is 9.73 Å². The van der Waals surface area contributed by atoms with Gasteiger partial charge in [0.25, 0.3) is 0 Å². The first kappa shape index (κ1) is 35.5. The Morgan fingerprint density at radius 3 is 2.36 bits per heavy atom. The van der Waals surface area contributed by atoms with Crippen LogP contribution in [0.15, 0.2) is 102 Å². The first-order valence-corrected chi connectivity index (χ1v) is 20.4.